The maximum absolute atomic E-state index is 4.82. The van der Waals surface area contributed by atoms with E-state index in [9.17, 15) is 0 Å². The highest BCUT2D eigenvalue weighted by Crippen LogP contribution is 2.28. The highest BCUT2D eigenvalue weighted by molar-refractivity contribution is 7.13. The number of hydrogen-bond acceptors (Lipinski definition) is 5. The highest BCUT2D eigenvalue weighted by Gasteiger charge is 2.24. The molecule has 0 aromatic carbocycles. The molecule has 1 aliphatic heterocycles. The van der Waals surface area contributed by atoms with Gasteiger partial charge in [0.05, 0.1) is 0 Å². The average Bonchev–Trinajstić information content (AvgIpc) is 3.38. The molecular formula is C21H21N5S. The van der Waals surface area contributed by atoms with Gasteiger partial charge in [0, 0.05) is 48.0 Å². The van der Waals surface area contributed by atoms with Crippen LogP contribution in [-0.2, 0) is 6.54 Å². The maximum Gasteiger partial charge on any atom is 0.156 e. The molecule has 5 heterocycles. The fourth-order valence-electron chi connectivity index (χ4n) is 3.82. The van der Waals surface area contributed by atoms with Gasteiger partial charge >= 0.3 is 0 Å². The molecular weight excluding hydrogens is 354 g/mol. The lowest BCUT2D eigenvalue weighted by atomic mass is 9.97. The van der Waals surface area contributed by atoms with Gasteiger partial charge in [0.15, 0.2) is 11.5 Å². The number of nitrogens with zero attached hydrogens (tertiary/aromatic N) is 5. The molecule has 1 aliphatic rings. The highest BCUT2D eigenvalue weighted by atomic mass is 32.1. The number of pyridine rings is 2. The maximum atomic E-state index is 4.82. The van der Waals surface area contributed by atoms with Gasteiger partial charge in [0.25, 0.3) is 0 Å². The summed E-state index contributed by atoms with van der Waals surface area (Å²) in [5, 5.41) is 6.92. The monoisotopic (exact) mass is 375 g/mol. The molecule has 5 rings (SSSR count). The van der Waals surface area contributed by atoms with Crippen molar-refractivity contribution in [2.45, 2.75) is 25.3 Å². The summed E-state index contributed by atoms with van der Waals surface area (Å²) in [6, 6.07) is 12.6. The summed E-state index contributed by atoms with van der Waals surface area (Å²) in [4.78, 5) is 12.8. The van der Waals surface area contributed by atoms with E-state index in [-0.39, 0.29) is 0 Å². The first-order valence-corrected chi connectivity index (χ1v) is 10.2. The first-order chi connectivity index (χ1) is 13.3. The molecule has 0 N–H and O–H groups in total. The van der Waals surface area contributed by atoms with Gasteiger partial charge in [-0.25, -0.2) is 9.50 Å². The van der Waals surface area contributed by atoms with Crippen molar-refractivity contribution in [2.75, 3.05) is 13.1 Å². The SMILES string of the molecule is c1cncc(CN2CCCC(c3nc4ccc(-c5cccs5)cn4n3)C2)c1. The van der Waals surface area contributed by atoms with Gasteiger partial charge in [-0.1, -0.05) is 12.1 Å². The van der Waals surface area contributed by atoms with Crippen molar-refractivity contribution in [2.24, 2.45) is 0 Å². The zero-order valence-corrected chi connectivity index (χ0v) is 15.8. The quantitative estimate of drug-likeness (QED) is 0.535. The third kappa shape index (κ3) is 3.50. The largest absolute Gasteiger partial charge is 0.298 e. The third-order valence-electron chi connectivity index (χ3n) is 5.15. The number of piperidine rings is 1. The third-order valence-corrected chi connectivity index (χ3v) is 6.07. The van der Waals surface area contributed by atoms with Crippen LogP contribution in [-0.4, -0.2) is 37.6 Å². The van der Waals surface area contributed by atoms with E-state index < -0.39 is 0 Å². The van der Waals surface area contributed by atoms with Crippen LogP contribution in [0.25, 0.3) is 16.1 Å². The van der Waals surface area contributed by atoms with E-state index in [4.69, 9.17) is 10.1 Å². The van der Waals surface area contributed by atoms with Crippen molar-refractivity contribution >= 4 is 17.0 Å². The molecule has 0 saturated carbocycles. The van der Waals surface area contributed by atoms with E-state index in [0.717, 1.165) is 37.5 Å². The van der Waals surface area contributed by atoms with E-state index in [1.165, 1.54) is 22.4 Å². The molecule has 1 saturated heterocycles. The first-order valence-electron chi connectivity index (χ1n) is 9.36. The van der Waals surface area contributed by atoms with Gasteiger partial charge in [-0.05, 0) is 54.6 Å². The number of likely N-dealkylation sites (tertiary alicyclic amines) is 1. The number of hydrogen-bond donors (Lipinski definition) is 0. The van der Waals surface area contributed by atoms with Crippen molar-refractivity contribution in [3.05, 3.63) is 71.8 Å². The van der Waals surface area contributed by atoms with Crippen LogP contribution >= 0.6 is 11.3 Å². The van der Waals surface area contributed by atoms with E-state index in [1.54, 1.807) is 11.3 Å². The molecule has 4 aromatic rings. The zero-order valence-electron chi connectivity index (χ0n) is 15.0. The fraction of sp³-hybridized carbons (Fsp3) is 0.286. The molecule has 0 bridgehead atoms. The predicted molar refractivity (Wildman–Crippen MR) is 108 cm³/mol. The second-order valence-corrected chi connectivity index (χ2v) is 8.05. The van der Waals surface area contributed by atoms with Gasteiger partial charge in [-0.3, -0.25) is 9.88 Å². The Hall–Kier alpha value is -2.57. The molecule has 6 heteroatoms. The molecule has 0 amide bonds. The Balaban J connectivity index is 1.36. The number of rotatable bonds is 4. The minimum Gasteiger partial charge on any atom is -0.298 e. The van der Waals surface area contributed by atoms with Crippen molar-refractivity contribution < 1.29 is 0 Å². The van der Waals surface area contributed by atoms with Crippen LogP contribution in [0.15, 0.2) is 60.4 Å². The Kier molecular flexibility index (Phi) is 4.43. The molecule has 1 fully saturated rings. The van der Waals surface area contributed by atoms with E-state index in [2.05, 4.69) is 51.8 Å². The van der Waals surface area contributed by atoms with Crippen LogP contribution < -0.4 is 0 Å². The summed E-state index contributed by atoms with van der Waals surface area (Å²) >= 11 is 1.75. The van der Waals surface area contributed by atoms with Gasteiger partial charge in [-0.15, -0.1) is 11.3 Å². The summed E-state index contributed by atoms with van der Waals surface area (Å²) in [6.45, 7) is 3.07. The van der Waals surface area contributed by atoms with Crippen LogP contribution in [0.2, 0.25) is 0 Å². The molecule has 0 radical (unpaired) electrons. The minimum atomic E-state index is 0.389. The summed E-state index contributed by atoms with van der Waals surface area (Å²) < 4.78 is 1.93. The zero-order chi connectivity index (χ0) is 18.1. The summed E-state index contributed by atoms with van der Waals surface area (Å²) in [5.74, 6) is 1.36. The normalized spacial score (nSPS) is 18.1. The van der Waals surface area contributed by atoms with Crippen LogP contribution in [0.1, 0.15) is 30.1 Å². The van der Waals surface area contributed by atoms with Crippen LogP contribution in [0.4, 0.5) is 0 Å². The second-order valence-electron chi connectivity index (χ2n) is 7.10. The molecule has 5 nitrogen and oxygen atoms in total. The number of aromatic nitrogens is 4. The molecule has 136 valence electrons. The Morgan fingerprint density at radius 2 is 2.15 bits per heavy atom. The average molecular weight is 376 g/mol. The Bertz CT molecular complexity index is 1030. The lowest BCUT2D eigenvalue weighted by Gasteiger charge is -2.31. The standard InChI is InChI=1S/C21H21N5S/c1-4-16(12-22-9-1)13-25-10-2-5-18(14-25)21-23-20-8-7-17(15-26(20)24-21)19-6-3-11-27-19/h1,3-4,6-9,11-12,15,18H,2,5,10,13-14H2. The first kappa shape index (κ1) is 16.6. The molecule has 1 atom stereocenters. The lowest BCUT2D eigenvalue weighted by Crippen LogP contribution is -2.34. The fourth-order valence-corrected chi connectivity index (χ4v) is 4.54. The second kappa shape index (κ2) is 7.21. The summed E-state index contributed by atoms with van der Waals surface area (Å²) in [5.41, 5.74) is 3.38. The topological polar surface area (TPSA) is 46.3 Å². The van der Waals surface area contributed by atoms with Crippen molar-refractivity contribution in [1.29, 1.82) is 0 Å². The smallest absolute Gasteiger partial charge is 0.156 e. The molecule has 4 aromatic heterocycles. The molecule has 27 heavy (non-hydrogen) atoms. The van der Waals surface area contributed by atoms with Crippen LogP contribution in [0.3, 0.4) is 0 Å². The van der Waals surface area contributed by atoms with E-state index in [0.29, 0.717) is 5.92 Å². The lowest BCUT2D eigenvalue weighted by molar-refractivity contribution is 0.196. The predicted octanol–water partition coefficient (Wildman–Crippen LogP) is 4.23. The Morgan fingerprint density at radius 3 is 3.00 bits per heavy atom. The minimum absolute atomic E-state index is 0.389. The summed E-state index contributed by atoms with van der Waals surface area (Å²) in [7, 11) is 0. The molecule has 1 unspecified atom stereocenters. The Labute approximate surface area is 162 Å². The number of thiophene rings is 1. The van der Waals surface area contributed by atoms with Gasteiger partial charge in [-0.2, -0.15) is 5.10 Å². The number of fused-ring (bicyclic) bond motifs is 1. The Morgan fingerprint density at radius 1 is 1.15 bits per heavy atom. The van der Waals surface area contributed by atoms with Crippen molar-refractivity contribution in [3.8, 4) is 10.4 Å². The van der Waals surface area contributed by atoms with Crippen molar-refractivity contribution in [1.82, 2.24) is 24.5 Å². The van der Waals surface area contributed by atoms with E-state index >= 15 is 0 Å². The van der Waals surface area contributed by atoms with Gasteiger partial charge in [0.1, 0.15) is 0 Å². The van der Waals surface area contributed by atoms with Crippen LogP contribution in [0, 0.1) is 0 Å². The summed E-state index contributed by atoms with van der Waals surface area (Å²) in [6.07, 6.45) is 8.21. The van der Waals surface area contributed by atoms with Gasteiger partial charge < -0.3 is 0 Å². The van der Waals surface area contributed by atoms with Gasteiger partial charge in [0.2, 0.25) is 0 Å². The van der Waals surface area contributed by atoms with Crippen molar-refractivity contribution in [3.63, 3.8) is 0 Å². The molecule has 0 aliphatic carbocycles. The van der Waals surface area contributed by atoms with Crippen LogP contribution in [0.5, 0.6) is 0 Å². The molecule has 0 spiro atoms. The van der Waals surface area contributed by atoms with E-state index in [1.807, 2.05) is 23.0 Å².